The lowest BCUT2D eigenvalue weighted by atomic mass is 10.0. The summed E-state index contributed by atoms with van der Waals surface area (Å²) >= 11 is 1.72. The van der Waals surface area contributed by atoms with E-state index in [1.54, 1.807) is 16.7 Å². The number of carbonyl (C=O) groups is 2. The van der Waals surface area contributed by atoms with Crippen LogP contribution in [0.3, 0.4) is 0 Å². The summed E-state index contributed by atoms with van der Waals surface area (Å²) in [5.41, 5.74) is 5.29. The van der Waals surface area contributed by atoms with Gasteiger partial charge in [0.1, 0.15) is 0 Å². The van der Waals surface area contributed by atoms with Gasteiger partial charge in [0.05, 0.1) is 17.9 Å². The molecule has 1 atom stereocenters. The second kappa shape index (κ2) is 4.86. The highest BCUT2D eigenvalue weighted by Crippen LogP contribution is 2.47. The molecule has 0 radical (unpaired) electrons. The molecule has 0 bridgehead atoms. The van der Waals surface area contributed by atoms with Crippen LogP contribution in [0.4, 0.5) is 0 Å². The number of carboxylic acid groups (broad SMARTS) is 1. The topological polar surface area (TPSA) is 83.6 Å². The highest BCUT2D eigenvalue weighted by molar-refractivity contribution is 7.99. The van der Waals surface area contributed by atoms with Crippen LogP contribution in [-0.4, -0.2) is 52.5 Å². The first-order chi connectivity index (χ1) is 8.09. The van der Waals surface area contributed by atoms with E-state index in [4.69, 9.17) is 10.8 Å². The second-order valence-electron chi connectivity index (χ2n) is 4.81. The molecule has 0 aromatic rings. The average molecular weight is 258 g/mol. The van der Waals surface area contributed by atoms with Crippen LogP contribution in [0.2, 0.25) is 0 Å². The van der Waals surface area contributed by atoms with E-state index in [1.165, 1.54) is 0 Å². The standard InChI is InChI=1S/C11H18N2O3S/c12-7-11(1-2-11)10(16)13-3-4-17-6-8(13)5-9(14)15/h8H,1-7,12H2,(H,14,15). The van der Waals surface area contributed by atoms with Crippen molar-refractivity contribution in [3.05, 3.63) is 0 Å². The molecule has 1 amide bonds. The molecule has 1 unspecified atom stereocenters. The number of hydrogen-bond acceptors (Lipinski definition) is 4. The Morgan fingerprint density at radius 1 is 1.47 bits per heavy atom. The number of rotatable bonds is 4. The van der Waals surface area contributed by atoms with Gasteiger partial charge in [0.25, 0.3) is 0 Å². The summed E-state index contributed by atoms with van der Waals surface area (Å²) in [4.78, 5) is 24.9. The third kappa shape index (κ3) is 2.57. The van der Waals surface area contributed by atoms with Crippen molar-refractivity contribution in [3.8, 4) is 0 Å². The van der Waals surface area contributed by atoms with Crippen LogP contribution in [0.15, 0.2) is 0 Å². The first-order valence-electron chi connectivity index (χ1n) is 5.90. The molecule has 0 spiro atoms. The van der Waals surface area contributed by atoms with Gasteiger partial charge in [-0.05, 0) is 12.8 Å². The van der Waals surface area contributed by atoms with Crippen molar-refractivity contribution in [2.45, 2.75) is 25.3 Å². The molecular weight excluding hydrogens is 240 g/mol. The van der Waals surface area contributed by atoms with Crippen LogP contribution in [0, 0.1) is 5.41 Å². The van der Waals surface area contributed by atoms with Gasteiger partial charge in [-0.15, -0.1) is 0 Å². The van der Waals surface area contributed by atoms with Gasteiger partial charge >= 0.3 is 5.97 Å². The maximum absolute atomic E-state index is 12.3. The Morgan fingerprint density at radius 2 is 2.18 bits per heavy atom. The number of hydrogen-bond donors (Lipinski definition) is 2. The van der Waals surface area contributed by atoms with E-state index in [-0.39, 0.29) is 23.8 Å². The fourth-order valence-electron chi connectivity index (χ4n) is 2.25. The van der Waals surface area contributed by atoms with Crippen LogP contribution in [-0.2, 0) is 9.59 Å². The smallest absolute Gasteiger partial charge is 0.305 e. The predicted octanol–water partition coefficient (Wildman–Crippen LogP) is 0.144. The van der Waals surface area contributed by atoms with E-state index in [0.29, 0.717) is 13.1 Å². The van der Waals surface area contributed by atoms with Gasteiger partial charge in [0, 0.05) is 24.6 Å². The average Bonchev–Trinajstić information content (AvgIpc) is 3.09. The predicted molar refractivity (Wildman–Crippen MR) is 65.8 cm³/mol. The molecule has 2 rings (SSSR count). The van der Waals surface area contributed by atoms with E-state index in [0.717, 1.165) is 24.3 Å². The first kappa shape index (κ1) is 12.7. The van der Waals surface area contributed by atoms with Crippen molar-refractivity contribution in [1.82, 2.24) is 4.90 Å². The molecule has 5 nitrogen and oxygen atoms in total. The molecule has 2 fully saturated rings. The summed E-state index contributed by atoms with van der Waals surface area (Å²) in [6.45, 7) is 1.04. The Kier molecular flexibility index (Phi) is 3.63. The molecule has 1 aliphatic carbocycles. The van der Waals surface area contributed by atoms with Crippen molar-refractivity contribution < 1.29 is 14.7 Å². The Morgan fingerprint density at radius 3 is 2.71 bits per heavy atom. The fourth-order valence-corrected chi connectivity index (χ4v) is 3.32. The van der Waals surface area contributed by atoms with E-state index < -0.39 is 5.97 Å². The number of nitrogens with two attached hydrogens (primary N) is 1. The van der Waals surface area contributed by atoms with Crippen molar-refractivity contribution in [2.75, 3.05) is 24.6 Å². The third-order valence-electron chi connectivity index (χ3n) is 3.60. The number of amides is 1. The monoisotopic (exact) mass is 258 g/mol. The van der Waals surface area contributed by atoms with Crippen LogP contribution < -0.4 is 5.73 Å². The van der Waals surface area contributed by atoms with Gasteiger partial charge in [-0.2, -0.15) is 11.8 Å². The molecule has 3 N–H and O–H groups in total. The summed E-state index contributed by atoms with van der Waals surface area (Å²) in [7, 11) is 0. The summed E-state index contributed by atoms with van der Waals surface area (Å²) < 4.78 is 0. The van der Waals surface area contributed by atoms with Gasteiger partial charge in [0.2, 0.25) is 5.91 Å². The first-order valence-corrected chi connectivity index (χ1v) is 7.05. The largest absolute Gasteiger partial charge is 0.481 e. The Labute approximate surface area is 105 Å². The minimum atomic E-state index is -0.840. The van der Waals surface area contributed by atoms with Crippen molar-refractivity contribution in [1.29, 1.82) is 0 Å². The molecule has 0 aromatic heterocycles. The molecule has 2 aliphatic rings. The number of nitrogens with zero attached hydrogens (tertiary/aromatic N) is 1. The quantitative estimate of drug-likeness (QED) is 0.749. The lowest BCUT2D eigenvalue weighted by Gasteiger charge is -2.37. The molecule has 96 valence electrons. The normalized spacial score (nSPS) is 26.6. The Hall–Kier alpha value is -0.750. The van der Waals surface area contributed by atoms with E-state index in [9.17, 15) is 9.59 Å². The summed E-state index contributed by atoms with van der Waals surface area (Å²) in [5.74, 6) is 0.848. The number of carbonyl (C=O) groups excluding carboxylic acids is 1. The summed E-state index contributed by atoms with van der Waals surface area (Å²) in [6, 6.07) is -0.164. The zero-order valence-electron chi connectivity index (χ0n) is 9.72. The minimum absolute atomic E-state index is 0.0411. The minimum Gasteiger partial charge on any atom is -0.481 e. The van der Waals surface area contributed by atoms with Gasteiger partial charge in [0.15, 0.2) is 0 Å². The Bertz CT molecular complexity index is 331. The molecule has 1 heterocycles. The second-order valence-corrected chi connectivity index (χ2v) is 5.96. The van der Waals surface area contributed by atoms with Crippen LogP contribution >= 0.6 is 11.8 Å². The van der Waals surface area contributed by atoms with Crippen LogP contribution in [0.1, 0.15) is 19.3 Å². The number of carboxylic acids is 1. The highest BCUT2D eigenvalue weighted by Gasteiger charge is 2.51. The molecule has 6 heteroatoms. The van der Waals surface area contributed by atoms with E-state index in [2.05, 4.69) is 0 Å². The summed E-state index contributed by atoms with van der Waals surface area (Å²) in [5, 5.41) is 8.87. The molecule has 1 saturated heterocycles. The van der Waals surface area contributed by atoms with E-state index >= 15 is 0 Å². The van der Waals surface area contributed by atoms with Crippen molar-refractivity contribution in [2.24, 2.45) is 11.1 Å². The molecule has 0 aromatic carbocycles. The lowest BCUT2D eigenvalue weighted by molar-refractivity contribution is -0.142. The highest BCUT2D eigenvalue weighted by atomic mass is 32.2. The summed E-state index contributed by atoms with van der Waals surface area (Å²) in [6.07, 6.45) is 1.75. The lowest BCUT2D eigenvalue weighted by Crippen LogP contribution is -2.51. The number of thioether (sulfide) groups is 1. The molecule has 1 aliphatic heterocycles. The fraction of sp³-hybridized carbons (Fsp3) is 0.818. The van der Waals surface area contributed by atoms with E-state index in [1.807, 2.05) is 0 Å². The van der Waals surface area contributed by atoms with Crippen molar-refractivity contribution >= 4 is 23.6 Å². The van der Waals surface area contributed by atoms with Crippen molar-refractivity contribution in [3.63, 3.8) is 0 Å². The van der Waals surface area contributed by atoms with Gasteiger partial charge in [-0.1, -0.05) is 0 Å². The van der Waals surface area contributed by atoms with Gasteiger partial charge in [-0.25, -0.2) is 0 Å². The van der Waals surface area contributed by atoms with Gasteiger partial charge < -0.3 is 15.7 Å². The molecular formula is C11H18N2O3S. The zero-order chi connectivity index (χ0) is 12.5. The third-order valence-corrected chi connectivity index (χ3v) is 4.69. The molecule has 17 heavy (non-hydrogen) atoms. The van der Waals surface area contributed by atoms with Gasteiger partial charge in [-0.3, -0.25) is 9.59 Å². The maximum Gasteiger partial charge on any atom is 0.305 e. The Balaban J connectivity index is 2.05. The SMILES string of the molecule is NCC1(C(=O)N2CCSCC2CC(=O)O)CC1. The number of aliphatic carboxylic acids is 1. The molecule has 1 saturated carbocycles. The van der Waals surface area contributed by atoms with Crippen LogP contribution in [0.5, 0.6) is 0 Å². The zero-order valence-corrected chi connectivity index (χ0v) is 10.5. The van der Waals surface area contributed by atoms with Crippen LogP contribution in [0.25, 0.3) is 0 Å². The maximum atomic E-state index is 12.3.